The summed E-state index contributed by atoms with van der Waals surface area (Å²) in [5, 5.41) is 12.0. The predicted octanol–water partition coefficient (Wildman–Crippen LogP) is 0.177. The van der Waals surface area contributed by atoms with Crippen LogP contribution in [0, 0.1) is 5.92 Å². The summed E-state index contributed by atoms with van der Waals surface area (Å²) in [5.41, 5.74) is 6.03. The van der Waals surface area contributed by atoms with E-state index in [4.69, 9.17) is 5.73 Å². The van der Waals surface area contributed by atoms with Crippen LogP contribution in [0.3, 0.4) is 0 Å². The zero-order chi connectivity index (χ0) is 11.8. The molecule has 1 aromatic heterocycles. The molecule has 1 saturated carbocycles. The molecule has 0 spiro atoms. The van der Waals surface area contributed by atoms with Crippen LogP contribution in [0.5, 0.6) is 0 Å². The molecule has 0 aromatic carbocycles. The summed E-state index contributed by atoms with van der Waals surface area (Å²) in [6.45, 7) is 5.20. The monoisotopic (exact) mass is 236 g/mol. The fraction of sp³-hybridized carbons (Fsp3) is 0.909. The average molecular weight is 236 g/mol. The second-order valence-corrected chi connectivity index (χ2v) is 5.44. The molecular formula is C11H20N6. The van der Waals surface area contributed by atoms with E-state index in [-0.39, 0.29) is 0 Å². The van der Waals surface area contributed by atoms with E-state index in [9.17, 15) is 0 Å². The number of rotatable bonds is 3. The lowest BCUT2D eigenvalue weighted by molar-refractivity contribution is 0.152. The lowest BCUT2D eigenvalue weighted by atomic mass is 9.95. The Morgan fingerprint density at radius 2 is 2.18 bits per heavy atom. The molecule has 94 valence electrons. The zero-order valence-corrected chi connectivity index (χ0v) is 10.3. The van der Waals surface area contributed by atoms with Gasteiger partial charge in [0.15, 0.2) is 5.82 Å². The van der Waals surface area contributed by atoms with Gasteiger partial charge in [-0.2, -0.15) is 0 Å². The van der Waals surface area contributed by atoms with Gasteiger partial charge in [0, 0.05) is 19.1 Å². The van der Waals surface area contributed by atoms with Gasteiger partial charge in [0.1, 0.15) is 0 Å². The van der Waals surface area contributed by atoms with Crippen molar-refractivity contribution in [2.45, 2.75) is 44.8 Å². The maximum atomic E-state index is 6.03. The van der Waals surface area contributed by atoms with Crippen LogP contribution in [0.4, 0.5) is 0 Å². The maximum Gasteiger partial charge on any atom is 0.165 e. The second kappa shape index (κ2) is 4.34. The van der Waals surface area contributed by atoms with Crippen LogP contribution < -0.4 is 5.73 Å². The van der Waals surface area contributed by atoms with E-state index in [0.29, 0.717) is 18.0 Å². The summed E-state index contributed by atoms with van der Waals surface area (Å²) in [6, 6.07) is 0.912. The number of nitrogens with two attached hydrogens (primary N) is 1. The van der Waals surface area contributed by atoms with E-state index in [2.05, 4.69) is 27.3 Å². The third kappa shape index (κ3) is 2.32. The fourth-order valence-corrected chi connectivity index (χ4v) is 2.51. The number of likely N-dealkylation sites (tertiary alicyclic amines) is 1. The average Bonchev–Trinajstić information content (AvgIpc) is 3.05. The first-order valence-electron chi connectivity index (χ1n) is 6.48. The standard InChI is InChI=1S/C11H20N6/c1-8-6-16(5-4-10(8)12)7-11-13-14-15-17(11)9-2-3-9/h8-10H,2-7,12H2,1H3. The lowest BCUT2D eigenvalue weighted by Crippen LogP contribution is -2.45. The summed E-state index contributed by atoms with van der Waals surface area (Å²) < 4.78 is 2.00. The molecule has 2 unspecified atom stereocenters. The largest absolute Gasteiger partial charge is 0.327 e. The van der Waals surface area contributed by atoms with E-state index in [0.717, 1.165) is 31.9 Å². The van der Waals surface area contributed by atoms with Gasteiger partial charge < -0.3 is 5.73 Å². The molecule has 6 nitrogen and oxygen atoms in total. The van der Waals surface area contributed by atoms with Gasteiger partial charge in [-0.3, -0.25) is 4.90 Å². The van der Waals surface area contributed by atoms with Crippen molar-refractivity contribution in [2.24, 2.45) is 11.7 Å². The van der Waals surface area contributed by atoms with E-state index in [1.165, 1.54) is 12.8 Å². The fourth-order valence-electron chi connectivity index (χ4n) is 2.51. The number of hydrogen-bond acceptors (Lipinski definition) is 5. The molecule has 1 aromatic rings. The molecule has 2 aliphatic rings. The Bertz CT molecular complexity index is 385. The topological polar surface area (TPSA) is 72.9 Å². The highest BCUT2D eigenvalue weighted by Gasteiger charge is 2.29. The van der Waals surface area contributed by atoms with Crippen molar-refractivity contribution in [3.05, 3.63) is 5.82 Å². The Morgan fingerprint density at radius 1 is 1.35 bits per heavy atom. The minimum atomic E-state index is 0.352. The highest BCUT2D eigenvalue weighted by atomic mass is 15.6. The molecule has 1 saturated heterocycles. The summed E-state index contributed by atoms with van der Waals surface area (Å²) in [6.07, 6.45) is 3.52. The Kier molecular flexibility index (Phi) is 2.84. The molecule has 2 heterocycles. The SMILES string of the molecule is CC1CN(Cc2nnnn2C2CC2)CCC1N. The summed E-state index contributed by atoms with van der Waals surface area (Å²) in [7, 11) is 0. The molecule has 3 rings (SSSR count). The van der Waals surface area contributed by atoms with Gasteiger partial charge in [-0.25, -0.2) is 4.68 Å². The van der Waals surface area contributed by atoms with Crippen molar-refractivity contribution < 1.29 is 0 Å². The van der Waals surface area contributed by atoms with E-state index < -0.39 is 0 Å². The molecular weight excluding hydrogens is 216 g/mol. The van der Waals surface area contributed by atoms with Gasteiger partial charge in [-0.15, -0.1) is 5.10 Å². The van der Waals surface area contributed by atoms with Crippen LogP contribution in [0.2, 0.25) is 0 Å². The van der Waals surface area contributed by atoms with Gasteiger partial charge in [0.05, 0.1) is 12.6 Å². The van der Waals surface area contributed by atoms with Gasteiger partial charge in [-0.1, -0.05) is 6.92 Å². The van der Waals surface area contributed by atoms with Crippen molar-refractivity contribution in [2.75, 3.05) is 13.1 Å². The summed E-state index contributed by atoms with van der Waals surface area (Å²) in [5.74, 6) is 1.57. The number of piperidine rings is 1. The van der Waals surface area contributed by atoms with Crippen LogP contribution >= 0.6 is 0 Å². The predicted molar refractivity (Wildman–Crippen MR) is 63.1 cm³/mol. The molecule has 0 bridgehead atoms. The lowest BCUT2D eigenvalue weighted by Gasteiger charge is -2.34. The Balaban J connectivity index is 1.64. The number of tetrazole rings is 1. The Hall–Kier alpha value is -1.01. The number of aromatic nitrogens is 4. The normalized spacial score (nSPS) is 30.7. The molecule has 17 heavy (non-hydrogen) atoms. The third-order valence-corrected chi connectivity index (χ3v) is 3.87. The van der Waals surface area contributed by atoms with E-state index >= 15 is 0 Å². The van der Waals surface area contributed by atoms with Gasteiger partial charge in [0.2, 0.25) is 0 Å². The summed E-state index contributed by atoms with van der Waals surface area (Å²) in [4.78, 5) is 2.42. The molecule has 1 aliphatic carbocycles. The highest BCUT2D eigenvalue weighted by Crippen LogP contribution is 2.34. The van der Waals surface area contributed by atoms with Crippen molar-refractivity contribution in [3.8, 4) is 0 Å². The van der Waals surface area contributed by atoms with Crippen LogP contribution in [0.1, 0.15) is 38.1 Å². The van der Waals surface area contributed by atoms with Gasteiger partial charge in [-0.05, 0) is 35.6 Å². The molecule has 2 N–H and O–H groups in total. The quantitative estimate of drug-likeness (QED) is 0.810. The maximum absolute atomic E-state index is 6.03. The minimum Gasteiger partial charge on any atom is -0.327 e. The van der Waals surface area contributed by atoms with Crippen molar-refractivity contribution >= 4 is 0 Å². The zero-order valence-electron chi connectivity index (χ0n) is 10.3. The van der Waals surface area contributed by atoms with Crippen LogP contribution in [0.15, 0.2) is 0 Å². The molecule has 0 radical (unpaired) electrons. The summed E-state index contributed by atoms with van der Waals surface area (Å²) >= 11 is 0. The Morgan fingerprint density at radius 3 is 2.88 bits per heavy atom. The number of hydrogen-bond donors (Lipinski definition) is 1. The van der Waals surface area contributed by atoms with Crippen LogP contribution in [0.25, 0.3) is 0 Å². The van der Waals surface area contributed by atoms with Crippen molar-refractivity contribution in [1.82, 2.24) is 25.1 Å². The van der Waals surface area contributed by atoms with E-state index in [1.54, 1.807) is 0 Å². The smallest absolute Gasteiger partial charge is 0.165 e. The second-order valence-electron chi connectivity index (χ2n) is 5.44. The van der Waals surface area contributed by atoms with Crippen LogP contribution in [-0.2, 0) is 6.54 Å². The van der Waals surface area contributed by atoms with Gasteiger partial charge >= 0.3 is 0 Å². The molecule has 2 atom stereocenters. The van der Waals surface area contributed by atoms with E-state index in [1.807, 2.05) is 4.68 Å². The molecule has 6 heteroatoms. The van der Waals surface area contributed by atoms with Crippen LogP contribution in [-0.4, -0.2) is 44.2 Å². The third-order valence-electron chi connectivity index (χ3n) is 3.87. The van der Waals surface area contributed by atoms with Crippen molar-refractivity contribution in [1.29, 1.82) is 0 Å². The van der Waals surface area contributed by atoms with Crippen molar-refractivity contribution in [3.63, 3.8) is 0 Å². The molecule has 2 fully saturated rings. The molecule has 0 amide bonds. The highest BCUT2D eigenvalue weighted by molar-refractivity contribution is 4.91. The van der Waals surface area contributed by atoms with Gasteiger partial charge in [0.25, 0.3) is 0 Å². The minimum absolute atomic E-state index is 0.352. The Labute approximate surface area is 101 Å². The molecule has 1 aliphatic heterocycles. The first-order chi connectivity index (χ1) is 8.24. The first kappa shape index (κ1) is 11.1. The first-order valence-corrected chi connectivity index (χ1v) is 6.48. The number of nitrogens with zero attached hydrogens (tertiary/aromatic N) is 5.